The van der Waals surface area contributed by atoms with Crippen LogP contribution in [0.4, 0.5) is 10.5 Å². The van der Waals surface area contributed by atoms with Crippen LogP contribution in [0.5, 0.6) is 11.5 Å². The molecule has 8 heteroatoms. The summed E-state index contributed by atoms with van der Waals surface area (Å²) < 4.78 is 8.93. The third-order valence-electron chi connectivity index (χ3n) is 5.07. The van der Waals surface area contributed by atoms with Crippen molar-refractivity contribution in [3.05, 3.63) is 108 Å². The Morgan fingerprint density at radius 2 is 1.55 bits per heavy atom. The van der Waals surface area contributed by atoms with Gasteiger partial charge in [-0.15, -0.1) is 0 Å². The van der Waals surface area contributed by atoms with Gasteiger partial charge in [-0.1, -0.05) is 24.3 Å². The smallest absolute Gasteiger partial charge is 0.409 e. The van der Waals surface area contributed by atoms with Crippen molar-refractivity contribution < 1.29 is 14.6 Å². The fraction of sp³-hybridized carbons (Fsp3) is 0. The molecule has 0 fully saturated rings. The maximum atomic E-state index is 13.5. The number of nitrogens with one attached hydrogen (secondary N) is 1. The summed E-state index contributed by atoms with van der Waals surface area (Å²) in [6.07, 6.45) is 2.06. The van der Waals surface area contributed by atoms with E-state index in [0.29, 0.717) is 33.8 Å². The minimum absolute atomic E-state index is 0.304. The fourth-order valence-electron chi connectivity index (χ4n) is 3.68. The van der Waals surface area contributed by atoms with Crippen molar-refractivity contribution in [2.45, 2.75) is 0 Å². The Morgan fingerprint density at radius 1 is 0.818 bits per heavy atom. The topological polar surface area (TPSA) is 98.4 Å². The molecule has 0 bridgehead atoms. The maximum absolute atomic E-state index is 13.5. The molecular weight excluding hydrogens is 420 g/mol. The minimum atomic E-state index is -1.18. The molecule has 0 saturated heterocycles. The average Bonchev–Trinajstić information content (AvgIpc) is 3.12. The number of anilines is 1. The lowest BCUT2D eigenvalue weighted by Crippen LogP contribution is -2.22. The van der Waals surface area contributed by atoms with Crippen LogP contribution in [0.1, 0.15) is 0 Å². The van der Waals surface area contributed by atoms with Crippen molar-refractivity contribution in [3.8, 4) is 22.9 Å². The highest BCUT2D eigenvalue weighted by atomic mass is 16.5. The van der Waals surface area contributed by atoms with Gasteiger partial charge in [0.2, 0.25) is 0 Å². The Hall–Kier alpha value is -4.85. The van der Waals surface area contributed by atoms with Gasteiger partial charge in [0.05, 0.1) is 28.6 Å². The van der Waals surface area contributed by atoms with Crippen molar-refractivity contribution in [2.75, 3.05) is 5.32 Å². The second kappa shape index (κ2) is 8.35. The number of amides is 1. The van der Waals surface area contributed by atoms with Gasteiger partial charge >= 0.3 is 11.8 Å². The molecule has 162 valence electrons. The van der Waals surface area contributed by atoms with E-state index in [1.165, 1.54) is 4.57 Å². The monoisotopic (exact) mass is 438 g/mol. The number of imidazole rings is 1. The molecule has 0 atom stereocenters. The van der Waals surface area contributed by atoms with Gasteiger partial charge in [-0.05, 0) is 60.7 Å². The molecule has 8 nitrogen and oxygen atoms in total. The van der Waals surface area contributed by atoms with Crippen LogP contribution in [0, 0.1) is 0 Å². The summed E-state index contributed by atoms with van der Waals surface area (Å²) in [5, 5.41) is 11.3. The highest BCUT2D eigenvalue weighted by molar-refractivity contribution is 5.84. The molecule has 5 aromatic rings. The number of rotatable bonds is 5. The SMILES string of the molecule is O=C(O)Nc1cccc(-n2c(=O)n(-c3ccc(Oc4ccccc4)cc3)c3cnccc32)c1. The van der Waals surface area contributed by atoms with Crippen LogP contribution in [0.25, 0.3) is 22.4 Å². The lowest BCUT2D eigenvalue weighted by molar-refractivity contribution is 0.210. The van der Waals surface area contributed by atoms with Gasteiger partial charge in [0, 0.05) is 11.9 Å². The van der Waals surface area contributed by atoms with Crippen LogP contribution >= 0.6 is 0 Å². The van der Waals surface area contributed by atoms with E-state index in [-0.39, 0.29) is 5.69 Å². The van der Waals surface area contributed by atoms with Crippen LogP contribution < -0.4 is 15.7 Å². The molecule has 33 heavy (non-hydrogen) atoms. The molecule has 0 spiro atoms. The normalized spacial score (nSPS) is 10.8. The number of hydrogen-bond acceptors (Lipinski definition) is 4. The molecule has 0 aliphatic rings. The van der Waals surface area contributed by atoms with Crippen LogP contribution in [0.15, 0.2) is 102 Å². The van der Waals surface area contributed by atoms with Gasteiger partial charge in [-0.2, -0.15) is 0 Å². The third-order valence-corrected chi connectivity index (χ3v) is 5.07. The summed E-state index contributed by atoms with van der Waals surface area (Å²) in [5.74, 6) is 1.37. The van der Waals surface area contributed by atoms with Crippen LogP contribution in [-0.4, -0.2) is 25.3 Å². The number of nitrogens with zero attached hydrogens (tertiary/aromatic N) is 3. The molecule has 0 unspecified atom stereocenters. The molecule has 2 heterocycles. The Balaban J connectivity index is 1.59. The van der Waals surface area contributed by atoms with Gasteiger partial charge < -0.3 is 9.84 Å². The van der Waals surface area contributed by atoms with Crippen LogP contribution in [0.3, 0.4) is 0 Å². The summed E-state index contributed by atoms with van der Waals surface area (Å²) in [6, 6.07) is 25.0. The zero-order chi connectivity index (χ0) is 22.8. The standard InChI is InChI=1S/C25H18N4O4/c30-24(31)27-17-5-4-6-19(15-17)29-22-13-14-26-16-23(22)28(25(29)32)18-9-11-21(12-10-18)33-20-7-2-1-3-8-20/h1-16,27H,(H,30,31). The predicted octanol–water partition coefficient (Wildman–Crippen LogP) is 5.06. The van der Waals surface area contributed by atoms with Gasteiger partial charge in [0.15, 0.2) is 0 Å². The summed E-state index contributed by atoms with van der Waals surface area (Å²) in [7, 11) is 0. The fourth-order valence-corrected chi connectivity index (χ4v) is 3.68. The Morgan fingerprint density at radius 3 is 2.30 bits per heavy atom. The van der Waals surface area contributed by atoms with E-state index in [1.54, 1.807) is 71.6 Å². The molecule has 1 amide bonds. The van der Waals surface area contributed by atoms with Crippen molar-refractivity contribution >= 4 is 22.8 Å². The molecule has 2 N–H and O–H groups in total. The number of pyridine rings is 1. The second-order valence-corrected chi connectivity index (χ2v) is 7.21. The van der Waals surface area contributed by atoms with E-state index in [2.05, 4.69) is 10.3 Å². The van der Waals surface area contributed by atoms with Crippen LogP contribution in [0.2, 0.25) is 0 Å². The quantitative estimate of drug-likeness (QED) is 0.400. The number of ether oxygens (including phenoxy) is 1. The Labute approximate surface area is 187 Å². The van der Waals surface area contributed by atoms with E-state index in [1.807, 2.05) is 30.3 Å². The number of carboxylic acid groups (broad SMARTS) is 1. The number of carbonyl (C=O) groups is 1. The van der Waals surface area contributed by atoms with E-state index < -0.39 is 6.09 Å². The summed E-state index contributed by atoms with van der Waals surface area (Å²) in [5.41, 5.74) is 2.51. The number of fused-ring (bicyclic) bond motifs is 1. The Bertz CT molecular complexity index is 1510. The predicted molar refractivity (Wildman–Crippen MR) is 125 cm³/mol. The molecule has 0 aliphatic carbocycles. The number of aromatic nitrogens is 3. The second-order valence-electron chi connectivity index (χ2n) is 7.21. The summed E-state index contributed by atoms with van der Waals surface area (Å²) >= 11 is 0. The first-order chi connectivity index (χ1) is 16.1. The summed E-state index contributed by atoms with van der Waals surface area (Å²) in [6.45, 7) is 0. The molecule has 0 saturated carbocycles. The van der Waals surface area contributed by atoms with Gasteiger partial charge in [-0.3, -0.25) is 19.4 Å². The highest BCUT2D eigenvalue weighted by Gasteiger charge is 2.16. The first-order valence-electron chi connectivity index (χ1n) is 10.1. The van der Waals surface area contributed by atoms with E-state index >= 15 is 0 Å². The van der Waals surface area contributed by atoms with E-state index in [9.17, 15) is 9.59 Å². The lowest BCUT2D eigenvalue weighted by atomic mass is 10.2. The van der Waals surface area contributed by atoms with Gasteiger partial charge in [0.1, 0.15) is 11.5 Å². The number of para-hydroxylation sites is 1. The molecule has 2 aromatic heterocycles. The van der Waals surface area contributed by atoms with Crippen molar-refractivity contribution in [1.82, 2.24) is 14.1 Å². The zero-order valence-electron chi connectivity index (χ0n) is 17.3. The van der Waals surface area contributed by atoms with Gasteiger partial charge in [-0.25, -0.2) is 9.59 Å². The van der Waals surface area contributed by atoms with Crippen LogP contribution in [-0.2, 0) is 0 Å². The minimum Gasteiger partial charge on any atom is -0.465 e. The Kier molecular flexibility index (Phi) is 5.08. The molecule has 0 aliphatic heterocycles. The van der Waals surface area contributed by atoms with E-state index in [4.69, 9.17) is 9.84 Å². The highest BCUT2D eigenvalue weighted by Crippen LogP contribution is 2.25. The average molecular weight is 438 g/mol. The third kappa shape index (κ3) is 3.92. The summed E-state index contributed by atoms with van der Waals surface area (Å²) in [4.78, 5) is 28.7. The first kappa shape index (κ1) is 20.1. The molecule has 5 rings (SSSR count). The van der Waals surface area contributed by atoms with Crippen molar-refractivity contribution in [1.29, 1.82) is 0 Å². The zero-order valence-corrected chi connectivity index (χ0v) is 17.3. The molecule has 0 radical (unpaired) electrons. The van der Waals surface area contributed by atoms with E-state index in [0.717, 1.165) is 5.75 Å². The van der Waals surface area contributed by atoms with Crippen molar-refractivity contribution in [3.63, 3.8) is 0 Å². The van der Waals surface area contributed by atoms with Gasteiger partial charge in [0.25, 0.3) is 0 Å². The van der Waals surface area contributed by atoms with Crippen molar-refractivity contribution in [2.24, 2.45) is 0 Å². The lowest BCUT2D eigenvalue weighted by Gasteiger charge is -2.08. The first-order valence-corrected chi connectivity index (χ1v) is 10.1. The largest absolute Gasteiger partial charge is 0.465 e. The number of benzene rings is 3. The molecular formula is C25H18N4O4. The maximum Gasteiger partial charge on any atom is 0.409 e. The number of hydrogen-bond donors (Lipinski definition) is 2. The molecule has 3 aromatic carbocycles.